The molecule has 3 aromatic rings. The van der Waals surface area contributed by atoms with E-state index in [0.717, 1.165) is 16.7 Å². The number of H-pyrrole nitrogens is 1. The Morgan fingerprint density at radius 3 is 2.65 bits per heavy atom. The molecule has 134 valence electrons. The molecule has 5 nitrogen and oxygen atoms in total. The standard InChI is InChI=1S/C20H21N3O2S/c1-11-5-6-12(2)16(9-11)13(3)21-18(24)14-7-8-15-17(10-14)22-20(26)23(4)19(15)25/h5-10,13H,1-4H3,(H,21,24)(H,22,26). The summed E-state index contributed by atoms with van der Waals surface area (Å²) in [6, 6.07) is 11.0. The van der Waals surface area contributed by atoms with Crippen LogP contribution in [0.4, 0.5) is 0 Å². The van der Waals surface area contributed by atoms with Crippen LogP contribution in [0.3, 0.4) is 0 Å². The van der Waals surface area contributed by atoms with E-state index in [1.807, 2.05) is 20.8 Å². The fourth-order valence-electron chi connectivity index (χ4n) is 3.03. The number of benzene rings is 2. The van der Waals surface area contributed by atoms with Crippen LogP contribution < -0.4 is 10.9 Å². The number of nitrogens with zero attached hydrogens (tertiary/aromatic N) is 1. The molecule has 1 heterocycles. The van der Waals surface area contributed by atoms with Crippen LogP contribution in [-0.4, -0.2) is 15.5 Å². The van der Waals surface area contributed by atoms with E-state index in [2.05, 4.69) is 28.5 Å². The summed E-state index contributed by atoms with van der Waals surface area (Å²) in [6.45, 7) is 6.02. The van der Waals surface area contributed by atoms with Gasteiger partial charge in [0.1, 0.15) is 0 Å². The lowest BCUT2D eigenvalue weighted by Crippen LogP contribution is -2.27. The summed E-state index contributed by atoms with van der Waals surface area (Å²) in [5.74, 6) is -0.194. The van der Waals surface area contributed by atoms with Gasteiger partial charge in [-0.2, -0.15) is 0 Å². The van der Waals surface area contributed by atoms with Crippen molar-refractivity contribution in [2.75, 3.05) is 0 Å². The van der Waals surface area contributed by atoms with Gasteiger partial charge in [-0.15, -0.1) is 0 Å². The second-order valence-electron chi connectivity index (χ2n) is 6.61. The summed E-state index contributed by atoms with van der Waals surface area (Å²) in [6.07, 6.45) is 0. The summed E-state index contributed by atoms with van der Waals surface area (Å²) in [5.41, 5.74) is 4.24. The number of hydrogen-bond donors (Lipinski definition) is 2. The van der Waals surface area contributed by atoms with E-state index in [1.165, 1.54) is 4.57 Å². The third kappa shape index (κ3) is 3.32. The molecule has 1 unspecified atom stereocenters. The molecule has 0 aliphatic carbocycles. The zero-order valence-corrected chi connectivity index (χ0v) is 16.0. The fourth-order valence-corrected chi connectivity index (χ4v) is 3.22. The predicted octanol–water partition coefficient (Wildman–Crippen LogP) is 3.70. The Labute approximate surface area is 156 Å². The van der Waals surface area contributed by atoms with E-state index in [0.29, 0.717) is 21.2 Å². The number of fused-ring (bicyclic) bond motifs is 1. The van der Waals surface area contributed by atoms with Gasteiger partial charge in [0.05, 0.1) is 16.9 Å². The van der Waals surface area contributed by atoms with Crippen LogP contribution in [0.1, 0.15) is 40.0 Å². The van der Waals surface area contributed by atoms with Gasteiger partial charge < -0.3 is 10.3 Å². The van der Waals surface area contributed by atoms with Crippen LogP contribution >= 0.6 is 12.2 Å². The molecule has 1 atom stereocenters. The molecule has 2 N–H and O–H groups in total. The van der Waals surface area contributed by atoms with E-state index in [9.17, 15) is 9.59 Å². The number of aryl methyl sites for hydroxylation is 2. The SMILES string of the molecule is Cc1ccc(C)c(C(C)NC(=O)c2ccc3c(=O)n(C)c(=S)[nH]c3c2)c1. The average Bonchev–Trinajstić information content (AvgIpc) is 2.61. The minimum atomic E-state index is -0.194. The highest BCUT2D eigenvalue weighted by molar-refractivity contribution is 7.71. The van der Waals surface area contributed by atoms with Crippen molar-refractivity contribution < 1.29 is 4.79 Å². The number of aromatic amines is 1. The van der Waals surface area contributed by atoms with E-state index < -0.39 is 0 Å². The van der Waals surface area contributed by atoms with Crippen LogP contribution in [0, 0.1) is 18.6 Å². The summed E-state index contributed by atoms with van der Waals surface area (Å²) in [7, 11) is 1.62. The third-order valence-corrected chi connectivity index (χ3v) is 4.99. The zero-order valence-electron chi connectivity index (χ0n) is 15.2. The normalized spacial score (nSPS) is 12.2. The quantitative estimate of drug-likeness (QED) is 0.694. The Hall–Kier alpha value is -2.73. The van der Waals surface area contributed by atoms with E-state index in [4.69, 9.17) is 12.2 Å². The lowest BCUT2D eigenvalue weighted by atomic mass is 9.99. The lowest BCUT2D eigenvalue weighted by Gasteiger charge is -2.17. The number of nitrogens with one attached hydrogen (secondary N) is 2. The molecule has 0 fully saturated rings. The van der Waals surface area contributed by atoms with Gasteiger partial charge in [0, 0.05) is 12.6 Å². The number of hydrogen-bond acceptors (Lipinski definition) is 3. The van der Waals surface area contributed by atoms with Gasteiger partial charge >= 0.3 is 0 Å². The van der Waals surface area contributed by atoms with Crippen molar-refractivity contribution in [1.82, 2.24) is 14.9 Å². The molecule has 6 heteroatoms. The highest BCUT2D eigenvalue weighted by Crippen LogP contribution is 2.20. The van der Waals surface area contributed by atoms with Crippen molar-refractivity contribution in [1.29, 1.82) is 0 Å². The molecule has 1 amide bonds. The van der Waals surface area contributed by atoms with E-state index >= 15 is 0 Å². The molecular weight excluding hydrogens is 346 g/mol. The zero-order chi connectivity index (χ0) is 19.0. The molecule has 0 aliphatic rings. The first kappa shape index (κ1) is 18.1. The summed E-state index contributed by atoms with van der Waals surface area (Å²) < 4.78 is 1.70. The van der Waals surface area contributed by atoms with Crippen LogP contribution in [0.5, 0.6) is 0 Å². The number of carbonyl (C=O) groups is 1. The lowest BCUT2D eigenvalue weighted by molar-refractivity contribution is 0.0940. The van der Waals surface area contributed by atoms with E-state index in [1.54, 1.807) is 25.2 Å². The molecule has 26 heavy (non-hydrogen) atoms. The molecule has 0 radical (unpaired) electrons. The minimum Gasteiger partial charge on any atom is -0.346 e. The van der Waals surface area contributed by atoms with Gasteiger partial charge in [0.15, 0.2) is 4.77 Å². The van der Waals surface area contributed by atoms with Crippen molar-refractivity contribution in [2.45, 2.75) is 26.8 Å². The van der Waals surface area contributed by atoms with Crippen LogP contribution in [0.15, 0.2) is 41.2 Å². The Bertz CT molecular complexity index is 1130. The highest BCUT2D eigenvalue weighted by atomic mass is 32.1. The molecule has 3 rings (SSSR count). The van der Waals surface area contributed by atoms with Crippen molar-refractivity contribution in [3.63, 3.8) is 0 Å². The first-order valence-corrected chi connectivity index (χ1v) is 8.80. The van der Waals surface area contributed by atoms with Crippen molar-refractivity contribution in [3.05, 3.63) is 73.8 Å². The molecule has 1 aromatic heterocycles. The number of carbonyl (C=O) groups excluding carboxylic acids is 1. The van der Waals surface area contributed by atoms with Gasteiger partial charge in [-0.3, -0.25) is 14.2 Å². The molecule has 0 bridgehead atoms. The molecular formula is C20H21N3O2S. The van der Waals surface area contributed by atoms with Gasteiger partial charge in [0.25, 0.3) is 11.5 Å². The Kier molecular flexibility index (Phi) is 4.78. The van der Waals surface area contributed by atoms with Gasteiger partial charge in [-0.1, -0.05) is 23.8 Å². The van der Waals surface area contributed by atoms with E-state index in [-0.39, 0.29) is 17.5 Å². The number of amides is 1. The Morgan fingerprint density at radius 2 is 1.92 bits per heavy atom. The van der Waals surface area contributed by atoms with Gasteiger partial charge in [-0.05, 0) is 62.3 Å². The fraction of sp³-hybridized carbons (Fsp3) is 0.250. The van der Waals surface area contributed by atoms with Crippen molar-refractivity contribution in [2.24, 2.45) is 7.05 Å². The van der Waals surface area contributed by atoms with Crippen LogP contribution in [-0.2, 0) is 7.05 Å². The first-order valence-electron chi connectivity index (χ1n) is 8.39. The maximum absolute atomic E-state index is 12.7. The first-order chi connectivity index (χ1) is 12.3. The highest BCUT2D eigenvalue weighted by Gasteiger charge is 2.14. The molecule has 0 saturated carbocycles. The third-order valence-electron chi connectivity index (χ3n) is 4.61. The number of rotatable bonds is 3. The predicted molar refractivity (Wildman–Crippen MR) is 106 cm³/mol. The smallest absolute Gasteiger partial charge is 0.261 e. The average molecular weight is 367 g/mol. The Balaban J connectivity index is 1.93. The second-order valence-corrected chi connectivity index (χ2v) is 7.00. The van der Waals surface area contributed by atoms with Crippen molar-refractivity contribution in [3.8, 4) is 0 Å². The molecule has 0 spiro atoms. The molecule has 0 aliphatic heterocycles. The maximum atomic E-state index is 12.7. The number of aromatic nitrogens is 2. The Morgan fingerprint density at radius 1 is 1.19 bits per heavy atom. The summed E-state index contributed by atoms with van der Waals surface area (Å²) >= 11 is 5.14. The van der Waals surface area contributed by atoms with Gasteiger partial charge in [-0.25, -0.2) is 0 Å². The molecule has 0 saturated heterocycles. The topological polar surface area (TPSA) is 66.9 Å². The summed E-state index contributed by atoms with van der Waals surface area (Å²) in [4.78, 5) is 27.9. The van der Waals surface area contributed by atoms with Gasteiger partial charge in [0.2, 0.25) is 0 Å². The van der Waals surface area contributed by atoms with Crippen molar-refractivity contribution >= 4 is 29.0 Å². The van der Waals surface area contributed by atoms with Crippen LogP contribution in [0.2, 0.25) is 0 Å². The second kappa shape index (κ2) is 6.88. The summed E-state index contributed by atoms with van der Waals surface area (Å²) in [5, 5.41) is 3.52. The molecule has 2 aromatic carbocycles. The van der Waals surface area contributed by atoms with Crippen LogP contribution in [0.25, 0.3) is 10.9 Å². The monoisotopic (exact) mass is 367 g/mol. The maximum Gasteiger partial charge on any atom is 0.261 e. The minimum absolute atomic E-state index is 0.125. The largest absolute Gasteiger partial charge is 0.346 e.